The number of likely N-dealkylation sites (tertiary alicyclic amines) is 1. The molecule has 1 N–H and O–H groups in total. The molecule has 2 aliphatic rings. The Bertz CT molecular complexity index is 730. The molecule has 2 aliphatic heterocycles. The molecule has 5 nitrogen and oxygen atoms in total. The Balaban J connectivity index is 1.34. The van der Waals surface area contributed by atoms with Crippen LogP contribution in [0.15, 0.2) is 42.7 Å². The van der Waals surface area contributed by atoms with Crippen molar-refractivity contribution < 1.29 is 9.47 Å². The molecule has 2 aromatic rings. The summed E-state index contributed by atoms with van der Waals surface area (Å²) in [4.78, 5) is 6.75. The first kappa shape index (κ1) is 18.3. The zero-order valence-electron chi connectivity index (χ0n) is 16.1. The first-order valence-corrected chi connectivity index (χ1v) is 10.1. The van der Waals surface area contributed by atoms with Crippen LogP contribution in [-0.4, -0.2) is 42.2 Å². The van der Waals surface area contributed by atoms with Crippen LogP contribution in [0.2, 0.25) is 0 Å². The monoisotopic (exact) mass is 367 g/mol. The number of piperidine rings is 1. The zero-order valence-corrected chi connectivity index (χ0v) is 16.1. The van der Waals surface area contributed by atoms with Crippen LogP contribution in [0, 0.1) is 0 Å². The van der Waals surface area contributed by atoms with Gasteiger partial charge in [-0.25, -0.2) is 0 Å². The van der Waals surface area contributed by atoms with E-state index in [2.05, 4.69) is 27.3 Å². The number of benzene rings is 1. The molecule has 1 atom stereocenters. The van der Waals surface area contributed by atoms with Crippen LogP contribution in [0.5, 0.6) is 11.5 Å². The van der Waals surface area contributed by atoms with Gasteiger partial charge in [-0.05, 0) is 62.7 Å². The summed E-state index contributed by atoms with van der Waals surface area (Å²) in [6.07, 6.45) is 7.18. The Morgan fingerprint density at radius 2 is 2.11 bits per heavy atom. The van der Waals surface area contributed by atoms with E-state index in [1.54, 1.807) is 0 Å². The molecule has 27 heavy (non-hydrogen) atoms. The van der Waals surface area contributed by atoms with E-state index < -0.39 is 0 Å². The average molecular weight is 367 g/mol. The maximum atomic E-state index is 5.85. The van der Waals surface area contributed by atoms with Crippen LogP contribution >= 0.6 is 0 Å². The van der Waals surface area contributed by atoms with Gasteiger partial charge in [0.15, 0.2) is 0 Å². The molecule has 1 saturated heterocycles. The van der Waals surface area contributed by atoms with Gasteiger partial charge in [-0.2, -0.15) is 0 Å². The van der Waals surface area contributed by atoms with Crippen LogP contribution in [0.25, 0.3) is 0 Å². The van der Waals surface area contributed by atoms with Crippen molar-refractivity contribution in [2.45, 2.75) is 44.8 Å². The second kappa shape index (κ2) is 8.72. The van der Waals surface area contributed by atoms with Gasteiger partial charge in [0.2, 0.25) is 0 Å². The third kappa shape index (κ3) is 4.60. The van der Waals surface area contributed by atoms with E-state index in [4.69, 9.17) is 9.47 Å². The van der Waals surface area contributed by atoms with Crippen molar-refractivity contribution in [1.82, 2.24) is 15.2 Å². The summed E-state index contributed by atoms with van der Waals surface area (Å²) < 4.78 is 11.5. The minimum Gasteiger partial charge on any atom is -0.494 e. The normalized spacial score (nSPS) is 20.7. The van der Waals surface area contributed by atoms with Gasteiger partial charge in [-0.3, -0.25) is 9.88 Å². The van der Waals surface area contributed by atoms with E-state index in [9.17, 15) is 0 Å². The van der Waals surface area contributed by atoms with Crippen molar-refractivity contribution in [3.05, 3.63) is 53.9 Å². The summed E-state index contributed by atoms with van der Waals surface area (Å²) >= 11 is 0. The molecule has 5 heteroatoms. The van der Waals surface area contributed by atoms with Gasteiger partial charge < -0.3 is 14.8 Å². The summed E-state index contributed by atoms with van der Waals surface area (Å²) in [6, 6.07) is 11.3. The fourth-order valence-corrected chi connectivity index (χ4v) is 4.09. The molecule has 1 unspecified atom stereocenters. The number of fused-ring (bicyclic) bond motifs is 1. The molecule has 0 aliphatic carbocycles. The summed E-state index contributed by atoms with van der Waals surface area (Å²) in [5.41, 5.74) is 2.54. The van der Waals surface area contributed by atoms with Crippen molar-refractivity contribution in [3.8, 4) is 11.5 Å². The van der Waals surface area contributed by atoms with Gasteiger partial charge in [-0.1, -0.05) is 6.07 Å². The first-order chi connectivity index (χ1) is 13.3. The maximum absolute atomic E-state index is 5.85. The predicted octanol–water partition coefficient (Wildman–Crippen LogP) is 3.56. The smallest absolute Gasteiger partial charge is 0.124 e. The molecule has 0 saturated carbocycles. The van der Waals surface area contributed by atoms with E-state index in [0.29, 0.717) is 18.7 Å². The lowest BCUT2D eigenvalue weighted by atomic mass is 9.96. The van der Waals surface area contributed by atoms with Crippen molar-refractivity contribution in [1.29, 1.82) is 0 Å². The van der Waals surface area contributed by atoms with E-state index in [1.165, 1.54) is 24.0 Å². The molecule has 0 amide bonds. The molecule has 1 aromatic carbocycles. The lowest BCUT2D eigenvalue weighted by Gasteiger charge is -2.36. The number of ether oxygens (including phenoxy) is 2. The van der Waals surface area contributed by atoms with Gasteiger partial charge >= 0.3 is 0 Å². The van der Waals surface area contributed by atoms with Gasteiger partial charge in [0.25, 0.3) is 0 Å². The minimum absolute atomic E-state index is 0.351. The molecule has 0 spiro atoms. The summed E-state index contributed by atoms with van der Waals surface area (Å²) in [7, 11) is 0. The van der Waals surface area contributed by atoms with Gasteiger partial charge in [0.1, 0.15) is 11.5 Å². The quantitative estimate of drug-likeness (QED) is 0.846. The first-order valence-electron chi connectivity index (χ1n) is 10.1. The fraction of sp³-hybridized carbons (Fsp3) is 0.500. The second-order valence-corrected chi connectivity index (χ2v) is 7.40. The standard InChI is InChI=1S/C22H29N3O2/c1-2-26-19-5-6-22-20(14-19)21(9-13-27-22)24-18-7-11-25(12-8-18)16-17-4-3-10-23-15-17/h3-6,10,14-15,18,21,24H,2,7-9,11-13,16H2,1H3. The van der Waals surface area contributed by atoms with Crippen molar-refractivity contribution in [3.63, 3.8) is 0 Å². The Kier molecular flexibility index (Phi) is 5.90. The molecule has 4 rings (SSSR count). The molecule has 1 fully saturated rings. The third-order valence-electron chi connectivity index (χ3n) is 5.49. The van der Waals surface area contributed by atoms with Crippen LogP contribution in [0.4, 0.5) is 0 Å². The number of nitrogens with one attached hydrogen (secondary N) is 1. The number of aromatic nitrogens is 1. The van der Waals surface area contributed by atoms with E-state index in [0.717, 1.165) is 44.2 Å². The summed E-state index contributed by atoms with van der Waals surface area (Å²) in [6.45, 7) is 6.73. The van der Waals surface area contributed by atoms with E-state index >= 15 is 0 Å². The zero-order chi connectivity index (χ0) is 18.5. The minimum atomic E-state index is 0.351. The van der Waals surface area contributed by atoms with Crippen molar-refractivity contribution >= 4 is 0 Å². The number of hydrogen-bond acceptors (Lipinski definition) is 5. The van der Waals surface area contributed by atoms with E-state index in [-0.39, 0.29) is 0 Å². The Hall–Kier alpha value is -2.11. The van der Waals surface area contributed by atoms with Gasteiger partial charge in [0, 0.05) is 43.0 Å². The highest BCUT2D eigenvalue weighted by Crippen LogP contribution is 2.35. The SMILES string of the molecule is CCOc1ccc2c(c1)C(NC1CCN(Cc3cccnc3)CC1)CCO2. The third-order valence-corrected chi connectivity index (χ3v) is 5.49. The van der Waals surface area contributed by atoms with E-state index in [1.807, 2.05) is 37.5 Å². The number of pyridine rings is 1. The number of rotatable bonds is 6. The number of nitrogens with zero attached hydrogens (tertiary/aromatic N) is 2. The highest BCUT2D eigenvalue weighted by molar-refractivity contribution is 5.43. The highest BCUT2D eigenvalue weighted by Gasteiger charge is 2.27. The Morgan fingerprint density at radius 1 is 1.22 bits per heavy atom. The summed E-state index contributed by atoms with van der Waals surface area (Å²) in [5, 5.41) is 3.89. The van der Waals surface area contributed by atoms with Crippen LogP contribution < -0.4 is 14.8 Å². The average Bonchev–Trinajstić information content (AvgIpc) is 2.71. The molecule has 3 heterocycles. The van der Waals surface area contributed by atoms with Crippen LogP contribution in [0.3, 0.4) is 0 Å². The fourth-order valence-electron chi connectivity index (χ4n) is 4.09. The molecular formula is C22H29N3O2. The topological polar surface area (TPSA) is 46.6 Å². The Labute approximate surface area is 161 Å². The lowest BCUT2D eigenvalue weighted by molar-refractivity contribution is 0.172. The lowest BCUT2D eigenvalue weighted by Crippen LogP contribution is -2.44. The van der Waals surface area contributed by atoms with Crippen LogP contribution in [-0.2, 0) is 6.54 Å². The van der Waals surface area contributed by atoms with Gasteiger partial charge in [-0.15, -0.1) is 0 Å². The summed E-state index contributed by atoms with van der Waals surface area (Å²) in [5.74, 6) is 1.93. The molecular weight excluding hydrogens is 338 g/mol. The maximum Gasteiger partial charge on any atom is 0.124 e. The highest BCUT2D eigenvalue weighted by atomic mass is 16.5. The molecule has 0 bridgehead atoms. The van der Waals surface area contributed by atoms with Gasteiger partial charge in [0.05, 0.1) is 13.2 Å². The predicted molar refractivity (Wildman–Crippen MR) is 106 cm³/mol. The molecule has 144 valence electrons. The van der Waals surface area contributed by atoms with Crippen molar-refractivity contribution in [2.24, 2.45) is 0 Å². The largest absolute Gasteiger partial charge is 0.494 e. The molecule has 1 aromatic heterocycles. The Morgan fingerprint density at radius 3 is 2.89 bits per heavy atom. The molecule has 0 radical (unpaired) electrons. The van der Waals surface area contributed by atoms with Crippen LogP contribution in [0.1, 0.15) is 43.4 Å². The number of hydrogen-bond donors (Lipinski definition) is 1. The van der Waals surface area contributed by atoms with Crippen molar-refractivity contribution in [2.75, 3.05) is 26.3 Å². The second-order valence-electron chi connectivity index (χ2n) is 7.40.